The van der Waals surface area contributed by atoms with Gasteiger partial charge in [-0.15, -0.1) is 11.8 Å². The number of thioether (sulfide) groups is 1. The highest BCUT2D eigenvalue weighted by Crippen LogP contribution is 2.25. The Morgan fingerprint density at radius 1 is 1.10 bits per heavy atom. The van der Waals surface area contributed by atoms with Gasteiger partial charge >= 0.3 is 0 Å². The van der Waals surface area contributed by atoms with Crippen molar-refractivity contribution in [2.24, 2.45) is 5.84 Å². The number of methoxy groups -OCH3 is 1. The summed E-state index contributed by atoms with van der Waals surface area (Å²) in [5.41, 5.74) is 4.30. The number of carbonyl (C=O) groups excluding carboxylic acids is 1. The summed E-state index contributed by atoms with van der Waals surface area (Å²) >= 11 is 1.76. The van der Waals surface area contributed by atoms with Crippen LogP contribution < -0.4 is 16.0 Å². The minimum absolute atomic E-state index is 0.185. The lowest BCUT2D eigenvalue weighted by molar-refractivity contribution is -0.120. The summed E-state index contributed by atoms with van der Waals surface area (Å²) in [7, 11) is 1.66. The Bertz CT molecular complexity index is 582. The van der Waals surface area contributed by atoms with Crippen LogP contribution >= 0.6 is 11.8 Å². The van der Waals surface area contributed by atoms with E-state index in [2.05, 4.69) is 5.43 Å². The van der Waals surface area contributed by atoms with Crippen LogP contribution in [0.3, 0.4) is 0 Å². The first-order valence-electron chi connectivity index (χ1n) is 6.55. The predicted molar refractivity (Wildman–Crippen MR) is 85.0 cm³/mol. The molecule has 1 amide bonds. The topological polar surface area (TPSA) is 64.3 Å². The lowest BCUT2D eigenvalue weighted by Gasteiger charge is -2.05. The maximum atomic E-state index is 11.2. The monoisotopic (exact) mass is 302 g/mol. The fraction of sp³-hybridized carbons (Fsp3) is 0.188. The third-order valence-electron chi connectivity index (χ3n) is 3.01. The highest BCUT2D eigenvalue weighted by Gasteiger charge is 2.02. The van der Waals surface area contributed by atoms with E-state index < -0.39 is 0 Å². The van der Waals surface area contributed by atoms with Crippen molar-refractivity contribution >= 4 is 17.7 Å². The molecule has 0 heterocycles. The molecule has 0 aliphatic heterocycles. The van der Waals surface area contributed by atoms with Crippen LogP contribution in [0.5, 0.6) is 5.75 Å². The molecule has 0 aliphatic rings. The minimum atomic E-state index is -0.185. The highest BCUT2D eigenvalue weighted by molar-refractivity contribution is 7.98. The normalized spacial score (nSPS) is 10.2. The Labute approximate surface area is 128 Å². The summed E-state index contributed by atoms with van der Waals surface area (Å²) < 4.78 is 5.14. The molecule has 0 spiro atoms. The van der Waals surface area contributed by atoms with Gasteiger partial charge in [-0.1, -0.05) is 24.3 Å². The molecule has 0 unspecified atom stereocenters. The standard InChI is InChI=1S/C16H18N2O2S/c1-20-14-6-8-15(9-7-14)21-11-13-4-2-12(3-5-13)10-16(19)18-17/h2-9H,10-11,17H2,1H3,(H,18,19). The van der Waals surface area contributed by atoms with Crippen molar-refractivity contribution in [3.63, 3.8) is 0 Å². The van der Waals surface area contributed by atoms with E-state index in [4.69, 9.17) is 10.6 Å². The largest absolute Gasteiger partial charge is 0.497 e. The van der Waals surface area contributed by atoms with Crippen LogP contribution in [0.1, 0.15) is 11.1 Å². The molecule has 0 fully saturated rings. The molecular formula is C16H18N2O2S. The van der Waals surface area contributed by atoms with Gasteiger partial charge < -0.3 is 4.74 Å². The average Bonchev–Trinajstić information content (AvgIpc) is 2.54. The van der Waals surface area contributed by atoms with Crippen molar-refractivity contribution in [3.05, 3.63) is 59.7 Å². The maximum absolute atomic E-state index is 11.2. The Hall–Kier alpha value is -1.98. The first-order valence-corrected chi connectivity index (χ1v) is 7.54. The number of rotatable bonds is 6. The molecule has 0 aliphatic carbocycles. The first kappa shape index (κ1) is 15.4. The summed E-state index contributed by atoms with van der Waals surface area (Å²) in [6.45, 7) is 0. The van der Waals surface area contributed by atoms with Gasteiger partial charge in [0.25, 0.3) is 0 Å². The summed E-state index contributed by atoms with van der Waals surface area (Å²) in [5, 5.41) is 0. The molecular weight excluding hydrogens is 284 g/mol. The molecule has 0 saturated heterocycles. The number of ether oxygens (including phenoxy) is 1. The zero-order chi connectivity index (χ0) is 15.1. The van der Waals surface area contributed by atoms with Crippen LogP contribution in [0.2, 0.25) is 0 Å². The highest BCUT2D eigenvalue weighted by atomic mass is 32.2. The number of benzene rings is 2. The molecule has 110 valence electrons. The van der Waals surface area contributed by atoms with Gasteiger partial charge in [0, 0.05) is 10.6 Å². The second-order valence-electron chi connectivity index (χ2n) is 4.52. The van der Waals surface area contributed by atoms with Crippen molar-refractivity contribution in [2.75, 3.05) is 7.11 Å². The van der Waals surface area contributed by atoms with Crippen molar-refractivity contribution in [1.29, 1.82) is 0 Å². The van der Waals surface area contributed by atoms with E-state index in [1.165, 1.54) is 10.5 Å². The van der Waals surface area contributed by atoms with Crippen LogP contribution in [0, 0.1) is 0 Å². The molecule has 0 atom stereocenters. The van der Waals surface area contributed by atoms with Gasteiger partial charge in [-0.2, -0.15) is 0 Å². The molecule has 4 nitrogen and oxygen atoms in total. The van der Waals surface area contributed by atoms with Gasteiger partial charge in [-0.3, -0.25) is 10.2 Å². The lowest BCUT2D eigenvalue weighted by atomic mass is 10.1. The maximum Gasteiger partial charge on any atom is 0.238 e. The number of hydrazine groups is 1. The second kappa shape index (κ2) is 7.71. The molecule has 0 aromatic heterocycles. The van der Waals surface area contributed by atoms with Gasteiger partial charge in [-0.05, 0) is 35.4 Å². The Kier molecular flexibility index (Phi) is 5.66. The third kappa shape index (κ3) is 4.81. The average molecular weight is 302 g/mol. The van der Waals surface area contributed by atoms with Gasteiger partial charge in [0.2, 0.25) is 5.91 Å². The molecule has 2 aromatic rings. The van der Waals surface area contributed by atoms with Crippen molar-refractivity contribution in [1.82, 2.24) is 5.43 Å². The van der Waals surface area contributed by atoms with Gasteiger partial charge in [0.05, 0.1) is 13.5 Å². The van der Waals surface area contributed by atoms with Gasteiger partial charge in [-0.25, -0.2) is 5.84 Å². The Morgan fingerprint density at radius 2 is 1.71 bits per heavy atom. The molecule has 0 saturated carbocycles. The quantitative estimate of drug-likeness (QED) is 0.372. The zero-order valence-corrected chi connectivity index (χ0v) is 12.7. The molecule has 0 radical (unpaired) electrons. The van der Waals surface area contributed by atoms with Gasteiger partial charge in [0.15, 0.2) is 0 Å². The van der Waals surface area contributed by atoms with E-state index in [1.807, 2.05) is 48.5 Å². The number of hydrogen-bond acceptors (Lipinski definition) is 4. The first-order chi connectivity index (χ1) is 10.2. The van der Waals surface area contributed by atoms with E-state index >= 15 is 0 Å². The van der Waals surface area contributed by atoms with Crippen molar-refractivity contribution < 1.29 is 9.53 Å². The molecule has 2 aromatic carbocycles. The van der Waals surface area contributed by atoms with E-state index in [0.29, 0.717) is 6.42 Å². The van der Waals surface area contributed by atoms with Gasteiger partial charge in [0.1, 0.15) is 5.75 Å². The zero-order valence-electron chi connectivity index (χ0n) is 11.8. The SMILES string of the molecule is COc1ccc(SCc2ccc(CC(=O)NN)cc2)cc1. The van der Waals surface area contributed by atoms with E-state index in [1.54, 1.807) is 18.9 Å². The predicted octanol–water partition coefficient (Wildman–Crippen LogP) is 2.52. The Morgan fingerprint density at radius 3 is 2.29 bits per heavy atom. The molecule has 21 heavy (non-hydrogen) atoms. The smallest absolute Gasteiger partial charge is 0.238 e. The lowest BCUT2D eigenvalue weighted by Crippen LogP contribution is -2.31. The van der Waals surface area contributed by atoms with Crippen LogP contribution in [-0.2, 0) is 17.0 Å². The summed E-state index contributed by atoms with van der Waals surface area (Å²) in [4.78, 5) is 12.4. The summed E-state index contributed by atoms with van der Waals surface area (Å²) in [6.07, 6.45) is 0.308. The van der Waals surface area contributed by atoms with Crippen LogP contribution in [0.4, 0.5) is 0 Å². The molecule has 3 N–H and O–H groups in total. The number of nitrogens with two attached hydrogens (primary N) is 1. The van der Waals surface area contributed by atoms with E-state index in [9.17, 15) is 4.79 Å². The van der Waals surface area contributed by atoms with E-state index in [-0.39, 0.29) is 5.91 Å². The molecule has 5 heteroatoms. The Balaban J connectivity index is 1.89. The van der Waals surface area contributed by atoms with Crippen LogP contribution in [0.15, 0.2) is 53.4 Å². The third-order valence-corrected chi connectivity index (χ3v) is 4.10. The summed E-state index contributed by atoms with van der Waals surface area (Å²) in [5.74, 6) is 6.63. The van der Waals surface area contributed by atoms with E-state index in [0.717, 1.165) is 17.1 Å². The minimum Gasteiger partial charge on any atom is -0.497 e. The second-order valence-corrected chi connectivity index (χ2v) is 5.57. The molecule has 2 rings (SSSR count). The molecule has 0 bridgehead atoms. The fourth-order valence-corrected chi connectivity index (χ4v) is 2.68. The van der Waals surface area contributed by atoms with Crippen molar-refractivity contribution in [2.45, 2.75) is 17.1 Å². The summed E-state index contributed by atoms with van der Waals surface area (Å²) in [6, 6.07) is 16.0. The van der Waals surface area contributed by atoms with Crippen molar-refractivity contribution in [3.8, 4) is 5.75 Å². The number of amides is 1. The number of nitrogens with one attached hydrogen (secondary N) is 1. The van der Waals surface area contributed by atoms with Crippen LogP contribution in [-0.4, -0.2) is 13.0 Å². The number of hydrogen-bond donors (Lipinski definition) is 2. The number of carbonyl (C=O) groups is 1. The fourth-order valence-electron chi connectivity index (χ4n) is 1.83. The van der Waals surface area contributed by atoms with Crippen LogP contribution in [0.25, 0.3) is 0 Å².